The van der Waals surface area contributed by atoms with Gasteiger partial charge in [0.05, 0.1) is 27.8 Å². The van der Waals surface area contributed by atoms with E-state index in [4.69, 9.17) is 5.73 Å². The summed E-state index contributed by atoms with van der Waals surface area (Å²) >= 11 is 1.56. The van der Waals surface area contributed by atoms with Gasteiger partial charge in [-0.05, 0) is 70.1 Å². The molecule has 1 aromatic carbocycles. The summed E-state index contributed by atoms with van der Waals surface area (Å²) in [5.74, 6) is 0.504. The van der Waals surface area contributed by atoms with E-state index >= 15 is 0 Å². The molecule has 4 N–H and O–H groups in total. The first-order valence-electron chi connectivity index (χ1n) is 9.93. The second-order valence-corrected chi connectivity index (χ2v) is 8.43. The zero-order valence-corrected chi connectivity index (χ0v) is 18.3. The molecule has 0 saturated carbocycles. The van der Waals surface area contributed by atoms with E-state index in [1.165, 1.54) is 12.8 Å². The SMILES string of the molecule is C=C(N=C/C=C(\N)c1sc(C)nc1C)Nc1ccc(NC(=O)CN2CCCC2)cc1. The van der Waals surface area contributed by atoms with Crippen LogP contribution in [-0.4, -0.2) is 41.6 Å². The largest absolute Gasteiger partial charge is 0.397 e. The van der Waals surface area contributed by atoms with Crippen molar-refractivity contribution in [3.63, 3.8) is 0 Å². The number of thiazole rings is 1. The Balaban J connectivity index is 1.49. The lowest BCUT2D eigenvalue weighted by atomic mass is 10.2. The van der Waals surface area contributed by atoms with E-state index in [0.717, 1.165) is 40.0 Å². The van der Waals surface area contributed by atoms with Gasteiger partial charge in [-0.25, -0.2) is 9.98 Å². The van der Waals surface area contributed by atoms with Crippen molar-refractivity contribution in [1.29, 1.82) is 0 Å². The predicted octanol–water partition coefficient (Wildman–Crippen LogP) is 3.75. The smallest absolute Gasteiger partial charge is 0.238 e. The molecule has 8 heteroatoms. The number of nitrogens with two attached hydrogens (primary N) is 1. The van der Waals surface area contributed by atoms with E-state index < -0.39 is 0 Å². The normalized spacial score (nSPS) is 14.9. The molecule has 0 atom stereocenters. The van der Waals surface area contributed by atoms with Crippen molar-refractivity contribution in [1.82, 2.24) is 9.88 Å². The lowest BCUT2D eigenvalue weighted by Gasteiger charge is -2.14. The van der Waals surface area contributed by atoms with Crippen LogP contribution in [0.2, 0.25) is 0 Å². The molecule has 1 aliphatic heterocycles. The number of nitrogens with zero attached hydrogens (tertiary/aromatic N) is 3. The molecule has 1 saturated heterocycles. The van der Waals surface area contributed by atoms with E-state index in [0.29, 0.717) is 18.1 Å². The van der Waals surface area contributed by atoms with Crippen LogP contribution in [-0.2, 0) is 4.79 Å². The van der Waals surface area contributed by atoms with Crippen molar-refractivity contribution in [3.05, 3.63) is 58.3 Å². The fraction of sp³-hybridized carbons (Fsp3) is 0.318. The van der Waals surface area contributed by atoms with Crippen LogP contribution < -0.4 is 16.4 Å². The molecular weight excluding hydrogens is 396 g/mol. The monoisotopic (exact) mass is 424 g/mol. The molecule has 3 rings (SSSR count). The van der Waals surface area contributed by atoms with Gasteiger partial charge in [0.1, 0.15) is 5.82 Å². The number of amides is 1. The lowest BCUT2D eigenvalue weighted by molar-refractivity contribution is -0.117. The van der Waals surface area contributed by atoms with Crippen molar-refractivity contribution in [3.8, 4) is 0 Å². The maximum Gasteiger partial charge on any atom is 0.238 e. The Morgan fingerprint density at radius 1 is 1.23 bits per heavy atom. The fourth-order valence-corrected chi connectivity index (χ4v) is 4.12. The van der Waals surface area contributed by atoms with Crippen LogP contribution in [0.3, 0.4) is 0 Å². The van der Waals surface area contributed by atoms with Crippen LogP contribution in [0.25, 0.3) is 5.70 Å². The van der Waals surface area contributed by atoms with Crippen LogP contribution in [0.4, 0.5) is 11.4 Å². The maximum absolute atomic E-state index is 12.1. The quantitative estimate of drug-likeness (QED) is 0.561. The van der Waals surface area contributed by atoms with Gasteiger partial charge in [-0.1, -0.05) is 6.58 Å². The Morgan fingerprint density at radius 3 is 2.47 bits per heavy atom. The van der Waals surface area contributed by atoms with Crippen molar-refractivity contribution in [2.24, 2.45) is 10.7 Å². The van der Waals surface area contributed by atoms with E-state index in [-0.39, 0.29) is 5.91 Å². The number of rotatable bonds is 8. The number of aromatic nitrogens is 1. The number of anilines is 2. The molecule has 0 radical (unpaired) electrons. The van der Waals surface area contributed by atoms with Crippen molar-refractivity contribution in [2.75, 3.05) is 30.3 Å². The third-order valence-corrected chi connectivity index (χ3v) is 5.80. The first-order valence-corrected chi connectivity index (χ1v) is 10.7. The number of nitrogens with one attached hydrogen (secondary N) is 2. The first-order chi connectivity index (χ1) is 14.4. The van der Waals surface area contributed by atoms with Gasteiger partial charge in [0, 0.05) is 17.6 Å². The van der Waals surface area contributed by atoms with Crippen LogP contribution in [0, 0.1) is 13.8 Å². The van der Waals surface area contributed by atoms with Gasteiger partial charge in [-0.3, -0.25) is 9.69 Å². The van der Waals surface area contributed by atoms with Crippen molar-refractivity contribution in [2.45, 2.75) is 26.7 Å². The summed E-state index contributed by atoms with van der Waals surface area (Å²) in [6.45, 7) is 10.3. The van der Waals surface area contributed by atoms with Gasteiger partial charge >= 0.3 is 0 Å². The van der Waals surface area contributed by atoms with Gasteiger partial charge in [-0.2, -0.15) is 0 Å². The summed E-state index contributed by atoms with van der Waals surface area (Å²) in [5, 5.41) is 7.03. The Morgan fingerprint density at radius 2 is 1.87 bits per heavy atom. The number of benzene rings is 1. The minimum Gasteiger partial charge on any atom is -0.397 e. The number of carbonyl (C=O) groups is 1. The van der Waals surface area contributed by atoms with Gasteiger partial charge < -0.3 is 16.4 Å². The van der Waals surface area contributed by atoms with Crippen LogP contribution >= 0.6 is 11.3 Å². The molecule has 1 aromatic heterocycles. The van der Waals surface area contributed by atoms with E-state index in [1.807, 2.05) is 38.1 Å². The molecule has 2 heterocycles. The predicted molar refractivity (Wildman–Crippen MR) is 126 cm³/mol. The van der Waals surface area contributed by atoms with Crippen molar-refractivity contribution >= 4 is 40.5 Å². The number of carbonyl (C=O) groups excluding carboxylic acids is 1. The molecule has 2 aromatic rings. The summed E-state index contributed by atoms with van der Waals surface area (Å²) < 4.78 is 0. The highest BCUT2D eigenvalue weighted by molar-refractivity contribution is 7.12. The van der Waals surface area contributed by atoms with E-state index in [9.17, 15) is 4.79 Å². The highest BCUT2D eigenvalue weighted by atomic mass is 32.1. The summed E-state index contributed by atoms with van der Waals surface area (Å²) in [7, 11) is 0. The standard InChI is InChI=1S/C22H28N6OS/c1-15-22(30-17(3)25-15)20(23)10-11-24-16(2)26-18-6-8-19(9-7-18)27-21(29)14-28-12-4-5-13-28/h6-11,26H,2,4-5,12-14,23H2,1,3H3,(H,27,29)/b20-10-,24-11?. The molecular formula is C22H28N6OS. The highest BCUT2D eigenvalue weighted by Gasteiger charge is 2.15. The Kier molecular flexibility index (Phi) is 7.37. The second-order valence-electron chi connectivity index (χ2n) is 7.23. The third kappa shape index (κ3) is 6.27. The van der Waals surface area contributed by atoms with Crippen molar-refractivity contribution < 1.29 is 4.79 Å². The molecule has 1 amide bonds. The molecule has 158 valence electrons. The summed E-state index contributed by atoms with van der Waals surface area (Å²) in [6.07, 6.45) is 5.71. The molecule has 0 aliphatic carbocycles. The van der Waals surface area contributed by atoms with E-state index in [2.05, 4.69) is 32.1 Å². The lowest BCUT2D eigenvalue weighted by Crippen LogP contribution is -2.30. The summed E-state index contributed by atoms with van der Waals surface area (Å²) in [4.78, 5) is 23.9. The number of hydrogen-bond acceptors (Lipinski definition) is 7. The van der Waals surface area contributed by atoms with Crippen LogP contribution in [0.1, 0.15) is 28.4 Å². The minimum atomic E-state index is 0.0161. The minimum absolute atomic E-state index is 0.0161. The van der Waals surface area contributed by atoms with Gasteiger partial charge in [-0.15, -0.1) is 11.3 Å². The Bertz CT molecular complexity index is 955. The molecule has 1 aliphatic rings. The van der Waals surface area contributed by atoms with Crippen LogP contribution in [0.5, 0.6) is 0 Å². The third-order valence-electron chi connectivity index (χ3n) is 4.67. The zero-order valence-electron chi connectivity index (χ0n) is 17.4. The van der Waals surface area contributed by atoms with Crippen LogP contribution in [0.15, 0.2) is 47.7 Å². The average Bonchev–Trinajstić information content (AvgIpc) is 3.32. The molecule has 0 unspecified atom stereocenters. The topological polar surface area (TPSA) is 95.6 Å². The van der Waals surface area contributed by atoms with Gasteiger partial charge in [0.25, 0.3) is 0 Å². The van der Waals surface area contributed by atoms with E-state index in [1.54, 1.807) is 23.6 Å². The molecule has 0 bridgehead atoms. The van der Waals surface area contributed by atoms with Gasteiger partial charge in [0.15, 0.2) is 0 Å². The Labute approximate surface area is 181 Å². The molecule has 7 nitrogen and oxygen atoms in total. The molecule has 0 spiro atoms. The first kappa shape index (κ1) is 21.7. The highest BCUT2D eigenvalue weighted by Crippen LogP contribution is 2.22. The summed E-state index contributed by atoms with van der Waals surface area (Å²) in [6, 6.07) is 7.46. The molecule has 30 heavy (non-hydrogen) atoms. The average molecular weight is 425 g/mol. The fourth-order valence-electron chi connectivity index (χ4n) is 3.26. The second kappa shape index (κ2) is 10.2. The van der Waals surface area contributed by atoms with Gasteiger partial charge in [0.2, 0.25) is 5.91 Å². The summed E-state index contributed by atoms with van der Waals surface area (Å²) in [5.41, 5.74) is 9.26. The zero-order chi connectivity index (χ0) is 21.5. The maximum atomic E-state index is 12.1. The number of likely N-dealkylation sites (tertiary alicyclic amines) is 1. The Hall–Kier alpha value is -2.97. The number of hydrogen-bond donors (Lipinski definition) is 3. The number of aliphatic imine (C=N–C) groups is 1. The molecule has 1 fully saturated rings. The number of aryl methyl sites for hydroxylation is 2. The number of allylic oxidation sites excluding steroid dienone is 1.